The summed E-state index contributed by atoms with van der Waals surface area (Å²) in [5, 5.41) is 8.72. The largest absolute Gasteiger partial charge is 0.480 e. The molecule has 2 N–H and O–H groups in total. The van der Waals surface area contributed by atoms with E-state index >= 15 is 0 Å². The first-order valence-corrected chi connectivity index (χ1v) is 8.30. The van der Waals surface area contributed by atoms with E-state index in [1.54, 1.807) is 17.6 Å². The number of rotatable bonds is 9. The lowest BCUT2D eigenvalue weighted by Gasteiger charge is -2.16. The molecule has 0 saturated heterocycles. The number of carbonyl (C=O) groups excluding carboxylic acids is 1. The van der Waals surface area contributed by atoms with Crippen molar-refractivity contribution in [3.8, 4) is 5.75 Å². The number of hydroxylamine groups is 1. The van der Waals surface area contributed by atoms with Crippen molar-refractivity contribution in [3.63, 3.8) is 0 Å². The third-order valence-electron chi connectivity index (χ3n) is 3.41. The zero-order valence-electron chi connectivity index (χ0n) is 13.9. The second-order valence-corrected chi connectivity index (χ2v) is 5.77. The van der Waals surface area contributed by atoms with Crippen molar-refractivity contribution in [1.82, 2.24) is 5.48 Å². The Kier molecular flexibility index (Phi) is 8.08. The van der Waals surface area contributed by atoms with E-state index in [9.17, 15) is 9.18 Å². The summed E-state index contributed by atoms with van der Waals surface area (Å²) in [4.78, 5) is 11.7. The monoisotopic (exact) mass is 379 g/mol. The molecular formula is C19H19ClFNO4. The lowest BCUT2D eigenvalue weighted by molar-refractivity contribution is -0.136. The Morgan fingerprint density at radius 3 is 2.69 bits per heavy atom. The highest BCUT2D eigenvalue weighted by atomic mass is 35.5. The van der Waals surface area contributed by atoms with Crippen LogP contribution in [0.15, 0.2) is 60.7 Å². The van der Waals surface area contributed by atoms with Gasteiger partial charge in [-0.2, -0.15) is 0 Å². The number of amides is 1. The summed E-state index contributed by atoms with van der Waals surface area (Å²) in [7, 11) is 0. The Labute approximate surface area is 156 Å². The van der Waals surface area contributed by atoms with Gasteiger partial charge in [-0.05, 0) is 17.7 Å². The Balaban J connectivity index is 1.83. The van der Waals surface area contributed by atoms with Gasteiger partial charge >= 0.3 is 0 Å². The molecule has 2 aromatic carbocycles. The summed E-state index contributed by atoms with van der Waals surface area (Å²) in [6.07, 6.45) is 2.65. The minimum Gasteiger partial charge on any atom is -0.480 e. The van der Waals surface area contributed by atoms with Crippen molar-refractivity contribution < 1.29 is 23.9 Å². The van der Waals surface area contributed by atoms with Crippen LogP contribution >= 0.6 is 11.6 Å². The van der Waals surface area contributed by atoms with Crippen LogP contribution in [-0.2, 0) is 16.1 Å². The first-order chi connectivity index (χ1) is 12.6. The van der Waals surface area contributed by atoms with E-state index in [2.05, 4.69) is 0 Å². The zero-order chi connectivity index (χ0) is 18.8. The molecule has 138 valence electrons. The molecule has 0 radical (unpaired) electrons. The van der Waals surface area contributed by atoms with E-state index in [0.29, 0.717) is 13.2 Å². The molecule has 0 heterocycles. The zero-order valence-corrected chi connectivity index (χ0v) is 14.7. The molecule has 0 aliphatic rings. The maximum atomic E-state index is 13.2. The fourth-order valence-corrected chi connectivity index (χ4v) is 2.27. The molecule has 5 nitrogen and oxygen atoms in total. The SMILES string of the molecule is O=C(NO)[C@@H](C/C=C\COCc1ccccc1)Oc1ccc(F)c(Cl)c1. The van der Waals surface area contributed by atoms with Crippen LogP contribution in [0.4, 0.5) is 4.39 Å². The van der Waals surface area contributed by atoms with Crippen LogP contribution in [0.5, 0.6) is 5.75 Å². The normalized spacial score (nSPS) is 12.1. The molecule has 0 aliphatic heterocycles. The van der Waals surface area contributed by atoms with Crippen molar-refractivity contribution in [2.24, 2.45) is 0 Å². The predicted molar refractivity (Wildman–Crippen MR) is 95.6 cm³/mol. The van der Waals surface area contributed by atoms with Gasteiger partial charge in [0.2, 0.25) is 0 Å². The fraction of sp³-hybridized carbons (Fsp3) is 0.211. The summed E-state index contributed by atoms with van der Waals surface area (Å²) < 4.78 is 24.1. The molecule has 0 fully saturated rings. The Bertz CT molecular complexity index is 740. The van der Waals surface area contributed by atoms with Crippen LogP contribution in [0.1, 0.15) is 12.0 Å². The number of carbonyl (C=O) groups is 1. The van der Waals surface area contributed by atoms with E-state index in [1.807, 2.05) is 30.3 Å². The van der Waals surface area contributed by atoms with Crippen molar-refractivity contribution in [2.75, 3.05) is 6.61 Å². The smallest absolute Gasteiger partial charge is 0.284 e. The van der Waals surface area contributed by atoms with Crippen molar-refractivity contribution in [2.45, 2.75) is 19.1 Å². The molecule has 2 rings (SSSR count). The molecule has 0 unspecified atom stereocenters. The number of hydrogen-bond acceptors (Lipinski definition) is 4. The van der Waals surface area contributed by atoms with Crippen LogP contribution in [0.25, 0.3) is 0 Å². The van der Waals surface area contributed by atoms with Crippen molar-refractivity contribution in [1.29, 1.82) is 0 Å². The summed E-state index contributed by atoms with van der Waals surface area (Å²) >= 11 is 5.69. The average Bonchev–Trinajstić information content (AvgIpc) is 2.66. The first-order valence-electron chi connectivity index (χ1n) is 7.92. The van der Waals surface area contributed by atoms with Gasteiger partial charge in [0, 0.05) is 12.5 Å². The van der Waals surface area contributed by atoms with Gasteiger partial charge < -0.3 is 9.47 Å². The number of ether oxygens (including phenoxy) is 2. The van der Waals surface area contributed by atoms with Gasteiger partial charge in [0.05, 0.1) is 18.2 Å². The topological polar surface area (TPSA) is 67.8 Å². The fourth-order valence-electron chi connectivity index (χ4n) is 2.10. The van der Waals surface area contributed by atoms with E-state index in [0.717, 1.165) is 11.6 Å². The molecular weight excluding hydrogens is 361 g/mol. The first kappa shape index (κ1) is 19.9. The molecule has 7 heteroatoms. The van der Waals surface area contributed by atoms with Gasteiger partial charge in [-0.25, -0.2) is 9.87 Å². The quantitative estimate of drug-likeness (QED) is 0.300. The highest BCUT2D eigenvalue weighted by molar-refractivity contribution is 6.30. The number of hydrogen-bond donors (Lipinski definition) is 2. The summed E-state index contributed by atoms with van der Waals surface area (Å²) in [6, 6.07) is 13.5. The van der Waals surface area contributed by atoms with Gasteiger partial charge in [-0.15, -0.1) is 0 Å². The molecule has 0 aromatic heterocycles. The molecule has 0 bridgehead atoms. The van der Waals surface area contributed by atoms with Crippen LogP contribution in [0, 0.1) is 5.82 Å². The molecule has 26 heavy (non-hydrogen) atoms. The van der Waals surface area contributed by atoms with Gasteiger partial charge in [0.25, 0.3) is 5.91 Å². The van der Waals surface area contributed by atoms with Crippen LogP contribution < -0.4 is 10.2 Å². The number of benzene rings is 2. The highest BCUT2D eigenvalue weighted by Gasteiger charge is 2.19. The molecule has 1 amide bonds. The van der Waals surface area contributed by atoms with Gasteiger partial charge in [-0.3, -0.25) is 10.0 Å². The Morgan fingerprint density at radius 2 is 2.00 bits per heavy atom. The van der Waals surface area contributed by atoms with E-state index in [-0.39, 0.29) is 17.2 Å². The third-order valence-corrected chi connectivity index (χ3v) is 3.70. The Hall–Kier alpha value is -2.41. The van der Waals surface area contributed by atoms with E-state index in [4.69, 9.17) is 26.3 Å². The van der Waals surface area contributed by atoms with E-state index in [1.165, 1.54) is 12.1 Å². The number of halogens is 2. The second-order valence-electron chi connectivity index (χ2n) is 5.37. The van der Waals surface area contributed by atoms with Gasteiger partial charge in [0.15, 0.2) is 6.10 Å². The molecule has 0 spiro atoms. The maximum absolute atomic E-state index is 13.2. The third kappa shape index (κ3) is 6.48. The molecule has 1 atom stereocenters. The summed E-state index contributed by atoms with van der Waals surface area (Å²) in [5.74, 6) is -1.09. The lowest BCUT2D eigenvalue weighted by atomic mass is 10.2. The second kappa shape index (κ2) is 10.6. The molecule has 0 aliphatic carbocycles. The average molecular weight is 380 g/mol. The summed E-state index contributed by atoms with van der Waals surface area (Å²) in [6.45, 7) is 0.848. The van der Waals surface area contributed by atoms with Crippen LogP contribution in [0.2, 0.25) is 5.02 Å². The molecule has 0 saturated carbocycles. The lowest BCUT2D eigenvalue weighted by Crippen LogP contribution is -2.36. The van der Waals surface area contributed by atoms with Gasteiger partial charge in [0.1, 0.15) is 11.6 Å². The summed E-state index contributed by atoms with van der Waals surface area (Å²) in [5.41, 5.74) is 2.61. The minimum absolute atomic E-state index is 0.115. The maximum Gasteiger partial charge on any atom is 0.284 e. The van der Waals surface area contributed by atoms with Crippen LogP contribution in [0.3, 0.4) is 0 Å². The Morgan fingerprint density at radius 1 is 1.23 bits per heavy atom. The number of nitrogens with one attached hydrogen (secondary N) is 1. The highest BCUT2D eigenvalue weighted by Crippen LogP contribution is 2.22. The predicted octanol–water partition coefficient (Wildman–Crippen LogP) is 3.90. The van der Waals surface area contributed by atoms with Gasteiger partial charge in [-0.1, -0.05) is 54.1 Å². The molecule has 2 aromatic rings. The van der Waals surface area contributed by atoms with Crippen molar-refractivity contribution >= 4 is 17.5 Å². The van der Waals surface area contributed by atoms with Crippen LogP contribution in [-0.4, -0.2) is 23.8 Å². The minimum atomic E-state index is -0.994. The van der Waals surface area contributed by atoms with E-state index < -0.39 is 17.8 Å². The van der Waals surface area contributed by atoms with Crippen molar-refractivity contribution in [3.05, 3.63) is 77.1 Å². The standard InChI is InChI=1S/C19H19ClFNO4/c20-16-12-15(9-10-17(16)21)26-18(19(23)22-24)8-4-5-11-25-13-14-6-2-1-3-7-14/h1-7,9-10,12,18,24H,8,11,13H2,(H,22,23)/b5-4-/t18-/m1/s1.